The first-order chi connectivity index (χ1) is 13.1. The fourth-order valence-electron chi connectivity index (χ4n) is 3.40. The van der Waals surface area contributed by atoms with Gasteiger partial charge in [-0.3, -0.25) is 0 Å². The number of nitrogens with two attached hydrogens (primary N) is 1. The Hall–Kier alpha value is -2.94. The largest absolute Gasteiger partial charge is 0.508 e. The Morgan fingerprint density at radius 1 is 0.815 bits per heavy atom. The Morgan fingerprint density at radius 3 is 2.22 bits per heavy atom. The molecule has 3 aromatic rings. The van der Waals surface area contributed by atoms with E-state index in [4.69, 9.17) is 5.73 Å². The van der Waals surface area contributed by atoms with Crippen molar-refractivity contribution in [2.75, 3.05) is 11.1 Å². The van der Waals surface area contributed by atoms with Crippen LogP contribution in [-0.2, 0) is 25.8 Å². The molecule has 4 N–H and O–H groups in total. The fourth-order valence-corrected chi connectivity index (χ4v) is 3.40. The zero-order valence-electron chi connectivity index (χ0n) is 16.1. The first kappa shape index (κ1) is 18.8. The summed E-state index contributed by atoms with van der Waals surface area (Å²) in [5, 5.41) is 13.1. The van der Waals surface area contributed by atoms with Crippen molar-refractivity contribution in [1.29, 1.82) is 0 Å². The summed E-state index contributed by atoms with van der Waals surface area (Å²) >= 11 is 0. The molecule has 0 fully saturated rings. The van der Waals surface area contributed by atoms with E-state index in [0.29, 0.717) is 12.3 Å². The highest BCUT2D eigenvalue weighted by atomic mass is 16.3. The molecule has 0 bridgehead atoms. The molecular weight excluding hydrogens is 332 g/mol. The highest BCUT2D eigenvalue weighted by molar-refractivity contribution is 5.54. The second-order valence-corrected chi connectivity index (χ2v) is 6.93. The molecular formula is C24H28N2O. The Balaban J connectivity index is 1.74. The van der Waals surface area contributed by atoms with Gasteiger partial charge in [-0.2, -0.15) is 0 Å². The Bertz CT molecular complexity index is 918. The Labute approximate surface area is 161 Å². The van der Waals surface area contributed by atoms with Gasteiger partial charge in [0.05, 0.1) is 0 Å². The van der Waals surface area contributed by atoms with E-state index in [1.807, 2.05) is 18.2 Å². The van der Waals surface area contributed by atoms with Gasteiger partial charge in [0.15, 0.2) is 0 Å². The van der Waals surface area contributed by atoms with Gasteiger partial charge in [-0.05, 0) is 71.3 Å². The Kier molecular flexibility index (Phi) is 6.02. The summed E-state index contributed by atoms with van der Waals surface area (Å²) in [6.07, 6.45) is 2.84. The summed E-state index contributed by atoms with van der Waals surface area (Å²) < 4.78 is 0. The van der Waals surface area contributed by atoms with Crippen LogP contribution in [0.15, 0.2) is 60.7 Å². The van der Waals surface area contributed by atoms with Gasteiger partial charge in [0.1, 0.15) is 5.75 Å². The van der Waals surface area contributed by atoms with Crippen molar-refractivity contribution < 1.29 is 5.11 Å². The summed E-state index contributed by atoms with van der Waals surface area (Å²) in [5.74, 6) is 0.301. The standard InChI is InChI=1S/C24H28N2O/c1-3-20-13-17(8-10-23(20)25)12-18-9-11-24(21(4-2)14-18)26-16-19-6-5-7-22(27)15-19/h5-11,13-15,26-27H,3-4,12,16,25H2,1-2H3. The second-order valence-electron chi connectivity index (χ2n) is 6.93. The van der Waals surface area contributed by atoms with Gasteiger partial charge in [-0.1, -0.05) is 50.2 Å². The van der Waals surface area contributed by atoms with Gasteiger partial charge >= 0.3 is 0 Å². The summed E-state index contributed by atoms with van der Waals surface area (Å²) in [5.41, 5.74) is 14.2. The average Bonchev–Trinajstić information content (AvgIpc) is 2.68. The molecule has 3 heteroatoms. The number of hydrogen-bond acceptors (Lipinski definition) is 3. The van der Waals surface area contributed by atoms with Gasteiger partial charge in [0, 0.05) is 17.9 Å². The van der Waals surface area contributed by atoms with Crippen molar-refractivity contribution in [1.82, 2.24) is 0 Å². The number of hydrogen-bond donors (Lipinski definition) is 3. The third kappa shape index (κ3) is 4.82. The van der Waals surface area contributed by atoms with Crippen LogP contribution in [0, 0.1) is 0 Å². The third-order valence-electron chi connectivity index (χ3n) is 4.94. The molecule has 0 aliphatic rings. The van der Waals surface area contributed by atoms with Gasteiger partial charge < -0.3 is 16.2 Å². The van der Waals surface area contributed by atoms with Crippen LogP contribution in [0.1, 0.15) is 41.7 Å². The second kappa shape index (κ2) is 8.63. The normalized spacial score (nSPS) is 10.7. The van der Waals surface area contributed by atoms with E-state index in [1.54, 1.807) is 12.1 Å². The summed E-state index contributed by atoms with van der Waals surface area (Å²) in [6.45, 7) is 5.01. The molecule has 0 unspecified atom stereocenters. The molecule has 0 atom stereocenters. The molecule has 27 heavy (non-hydrogen) atoms. The van der Waals surface area contributed by atoms with Crippen LogP contribution in [0.5, 0.6) is 5.75 Å². The predicted molar refractivity (Wildman–Crippen MR) is 114 cm³/mol. The van der Waals surface area contributed by atoms with Gasteiger partial charge in [-0.25, -0.2) is 0 Å². The lowest BCUT2D eigenvalue weighted by atomic mass is 9.98. The number of aromatic hydroxyl groups is 1. The highest BCUT2D eigenvalue weighted by Crippen LogP contribution is 2.23. The zero-order valence-corrected chi connectivity index (χ0v) is 16.1. The molecule has 3 rings (SSSR count). The van der Waals surface area contributed by atoms with Crippen LogP contribution in [0.25, 0.3) is 0 Å². The van der Waals surface area contributed by atoms with Crippen LogP contribution in [0.4, 0.5) is 11.4 Å². The van der Waals surface area contributed by atoms with E-state index in [0.717, 1.165) is 36.2 Å². The Morgan fingerprint density at radius 2 is 1.52 bits per heavy atom. The lowest BCUT2D eigenvalue weighted by Gasteiger charge is -2.14. The average molecular weight is 361 g/mol. The minimum absolute atomic E-state index is 0.301. The summed E-state index contributed by atoms with van der Waals surface area (Å²) in [4.78, 5) is 0. The maximum Gasteiger partial charge on any atom is 0.115 e. The third-order valence-corrected chi connectivity index (χ3v) is 4.94. The van der Waals surface area contributed by atoms with Crippen LogP contribution in [-0.4, -0.2) is 5.11 Å². The number of benzene rings is 3. The molecule has 0 aliphatic heterocycles. The van der Waals surface area contributed by atoms with Crippen molar-refractivity contribution in [3.8, 4) is 5.75 Å². The maximum atomic E-state index is 9.61. The number of rotatable bonds is 7. The molecule has 0 amide bonds. The van der Waals surface area contributed by atoms with Crippen LogP contribution in [0.3, 0.4) is 0 Å². The number of phenolic OH excluding ortho intramolecular Hbond substituents is 1. The van der Waals surface area contributed by atoms with Crippen molar-refractivity contribution in [2.45, 2.75) is 39.7 Å². The monoisotopic (exact) mass is 360 g/mol. The predicted octanol–water partition coefficient (Wildman–Crippen LogP) is 5.30. The number of phenols is 1. The molecule has 0 heterocycles. The highest BCUT2D eigenvalue weighted by Gasteiger charge is 2.06. The first-order valence-electron chi connectivity index (χ1n) is 9.60. The van der Waals surface area contributed by atoms with Crippen LogP contribution in [0.2, 0.25) is 0 Å². The van der Waals surface area contributed by atoms with E-state index in [9.17, 15) is 5.11 Å². The van der Waals surface area contributed by atoms with Crippen LogP contribution < -0.4 is 11.1 Å². The quantitative estimate of drug-likeness (QED) is 0.501. The SMILES string of the molecule is CCc1cc(Cc2ccc(NCc3cccc(O)c3)c(CC)c2)ccc1N. The minimum Gasteiger partial charge on any atom is -0.508 e. The molecule has 0 spiro atoms. The fraction of sp³-hybridized carbons (Fsp3) is 0.250. The van der Waals surface area contributed by atoms with Gasteiger partial charge in [-0.15, -0.1) is 0 Å². The maximum absolute atomic E-state index is 9.61. The topological polar surface area (TPSA) is 58.3 Å². The van der Waals surface area contributed by atoms with Crippen molar-refractivity contribution >= 4 is 11.4 Å². The van der Waals surface area contributed by atoms with Gasteiger partial charge in [0.25, 0.3) is 0 Å². The van der Waals surface area contributed by atoms with Crippen LogP contribution >= 0.6 is 0 Å². The summed E-state index contributed by atoms with van der Waals surface area (Å²) in [7, 11) is 0. The van der Waals surface area contributed by atoms with E-state index >= 15 is 0 Å². The van der Waals surface area contributed by atoms with Crippen molar-refractivity contribution in [3.05, 3.63) is 88.5 Å². The van der Waals surface area contributed by atoms with Gasteiger partial charge in [0.2, 0.25) is 0 Å². The zero-order chi connectivity index (χ0) is 19.2. The molecule has 3 nitrogen and oxygen atoms in total. The molecule has 0 saturated heterocycles. The molecule has 0 aliphatic carbocycles. The number of aryl methyl sites for hydroxylation is 2. The van der Waals surface area contributed by atoms with Crippen molar-refractivity contribution in [2.24, 2.45) is 0 Å². The summed E-state index contributed by atoms with van der Waals surface area (Å²) in [6, 6.07) is 20.3. The number of anilines is 2. The van der Waals surface area contributed by atoms with E-state index in [1.165, 1.54) is 22.3 Å². The lowest BCUT2D eigenvalue weighted by molar-refractivity contribution is 0.474. The molecule has 0 aromatic heterocycles. The number of nitrogen functional groups attached to an aromatic ring is 1. The van der Waals surface area contributed by atoms with Crippen molar-refractivity contribution in [3.63, 3.8) is 0 Å². The van der Waals surface area contributed by atoms with E-state index < -0.39 is 0 Å². The minimum atomic E-state index is 0.301. The molecule has 3 aromatic carbocycles. The molecule has 140 valence electrons. The lowest BCUT2D eigenvalue weighted by Crippen LogP contribution is -2.03. The number of nitrogens with one attached hydrogen (secondary N) is 1. The molecule has 0 radical (unpaired) electrons. The van der Waals surface area contributed by atoms with E-state index in [-0.39, 0.29) is 0 Å². The molecule has 0 saturated carbocycles. The smallest absolute Gasteiger partial charge is 0.115 e. The van der Waals surface area contributed by atoms with E-state index in [2.05, 4.69) is 49.5 Å². The first-order valence-corrected chi connectivity index (χ1v) is 9.60.